The number of alkyl halides is 4. The highest BCUT2D eigenvalue weighted by Crippen LogP contribution is 2.33. The molecular weight excluding hydrogens is 277 g/mol. The average Bonchev–Trinajstić information content (AvgIpc) is 2.39. The Bertz CT molecular complexity index is 361. The maximum atomic E-state index is 12.0. The van der Waals surface area contributed by atoms with Crippen molar-refractivity contribution >= 4 is 11.6 Å². The van der Waals surface area contributed by atoms with E-state index in [1.165, 1.54) is 0 Å². The summed E-state index contributed by atoms with van der Waals surface area (Å²) in [6.07, 6.45) is -3.04. The highest BCUT2D eigenvalue weighted by atomic mass is 35.5. The van der Waals surface area contributed by atoms with Gasteiger partial charge in [-0.2, -0.15) is 13.2 Å². The maximum Gasteiger partial charge on any atom is 0.411 e. The molecule has 0 aromatic heterocycles. The lowest BCUT2D eigenvalue weighted by Crippen LogP contribution is -2.30. The first-order chi connectivity index (χ1) is 8.93. The van der Waals surface area contributed by atoms with Crippen LogP contribution >= 0.6 is 11.6 Å². The molecule has 0 bridgehead atoms. The number of benzene rings is 1. The fourth-order valence-electron chi connectivity index (χ4n) is 2.01. The minimum Gasteiger partial charge on any atom is -0.372 e. The normalized spacial score (nSPS) is 15.2. The zero-order chi connectivity index (χ0) is 14.4. The van der Waals surface area contributed by atoms with Crippen molar-refractivity contribution in [3.8, 4) is 0 Å². The summed E-state index contributed by atoms with van der Waals surface area (Å²) in [6.45, 7) is 0.831. The predicted molar refractivity (Wildman–Crippen MR) is 70.6 cm³/mol. The van der Waals surface area contributed by atoms with Crippen LogP contribution in [0.15, 0.2) is 30.3 Å². The van der Waals surface area contributed by atoms with Gasteiger partial charge in [0.05, 0.1) is 0 Å². The molecule has 108 valence electrons. The molecule has 0 aliphatic rings. The lowest BCUT2D eigenvalue weighted by atomic mass is 9.77. The molecular formula is C14H18ClF3O. The molecule has 5 heteroatoms. The second-order valence-electron chi connectivity index (χ2n) is 4.55. The molecule has 0 saturated carbocycles. The van der Waals surface area contributed by atoms with Crippen LogP contribution in [0.5, 0.6) is 0 Å². The minimum absolute atomic E-state index is 0.0506. The lowest BCUT2D eigenvalue weighted by molar-refractivity contribution is -0.174. The standard InChI is InChI=1S/C14H18ClF3O/c1-2-13(10-15,12-6-4-3-5-7-12)8-9-19-11-14(16,17)18/h3-7H,2,8-11H2,1H3. The third-order valence-corrected chi connectivity index (χ3v) is 3.82. The summed E-state index contributed by atoms with van der Waals surface area (Å²) in [5, 5.41) is 0. The summed E-state index contributed by atoms with van der Waals surface area (Å²) in [5.41, 5.74) is 0.720. The van der Waals surface area contributed by atoms with Crippen LogP contribution in [-0.2, 0) is 10.2 Å². The summed E-state index contributed by atoms with van der Waals surface area (Å²) in [6, 6.07) is 9.62. The fourth-order valence-corrected chi connectivity index (χ4v) is 2.49. The van der Waals surface area contributed by atoms with Gasteiger partial charge in [-0.05, 0) is 18.4 Å². The molecule has 0 spiro atoms. The van der Waals surface area contributed by atoms with Crippen LogP contribution in [0.25, 0.3) is 0 Å². The topological polar surface area (TPSA) is 9.23 Å². The van der Waals surface area contributed by atoms with E-state index in [1.54, 1.807) is 0 Å². The average molecular weight is 295 g/mol. The molecule has 0 aliphatic carbocycles. The first kappa shape index (κ1) is 16.3. The van der Waals surface area contributed by atoms with E-state index in [0.29, 0.717) is 12.3 Å². The SMILES string of the molecule is CCC(CCl)(CCOCC(F)(F)F)c1ccccc1. The van der Waals surface area contributed by atoms with E-state index in [-0.39, 0.29) is 12.0 Å². The third-order valence-electron chi connectivity index (χ3n) is 3.31. The van der Waals surface area contributed by atoms with Gasteiger partial charge in [0.2, 0.25) is 0 Å². The van der Waals surface area contributed by atoms with Crippen LogP contribution in [0.3, 0.4) is 0 Å². The summed E-state index contributed by atoms with van der Waals surface area (Å²) in [5.74, 6) is 0.364. The first-order valence-corrected chi connectivity index (χ1v) is 6.73. The number of hydrogen-bond acceptors (Lipinski definition) is 1. The van der Waals surface area contributed by atoms with Gasteiger partial charge in [0.1, 0.15) is 6.61 Å². The van der Waals surface area contributed by atoms with Crippen molar-refractivity contribution in [2.24, 2.45) is 0 Å². The summed E-state index contributed by atoms with van der Waals surface area (Å²) >= 11 is 6.05. The molecule has 1 unspecified atom stereocenters. The number of halogens is 4. The molecule has 1 aromatic rings. The molecule has 1 nitrogen and oxygen atoms in total. The van der Waals surface area contributed by atoms with Gasteiger partial charge in [0, 0.05) is 17.9 Å². The van der Waals surface area contributed by atoms with Crippen molar-refractivity contribution in [2.45, 2.75) is 31.4 Å². The number of rotatable bonds is 7. The third kappa shape index (κ3) is 5.03. The van der Waals surface area contributed by atoms with E-state index >= 15 is 0 Å². The Balaban J connectivity index is 2.63. The molecule has 0 radical (unpaired) electrons. The Morgan fingerprint density at radius 2 is 1.79 bits per heavy atom. The van der Waals surface area contributed by atoms with E-state index in [0.717, 1.165) is 12.0 Å². The molecule has 0 saturated heterocycles. The van der Waals surface area contributed by atoms with Gasteiger partial charge < -0.3 is 4.74 Å². The van der Waals surface area contributed by atoms with Crippen molar-refractivity contribution in [3.63, 3.8) is 0 Å². The zero-order valence-electron chi connectivity index (χ0n) is 10.8. The number of ether oxygens (including phenoxy) is 1. The van der Waals surface area contributed by atoms with Crippen LogP contribution in [-0.4, -0.2) is 25.3 Å². The lowest BCUT2D eigenvalue weighted by Gasteiger charge is -2.31. The van der Waals surface area contributed by atoms with E-state index in [9.17, 15) is 13.2 Å². The molecule has 0 aliphatic heterocycles. The Morgan fingerprint density at radius 1 is 1.16 bits per heavy atom. The molecule has 0 heterocycles. The number of hydrogen-bond donors (Lipinski definition) is 0. The van der Waals surface area contributed by atoms with E-state index in [2.05, 4.69) is 0 Å². The molecule has 0 fully saturated rings. The van der Waals surface area contributed by atoms with Gasteiger partial charge in [-0.15, -0.1) is 11.6 Å². The Hall–Kier alpha value is -0.740. The van der Waals surface area contributed by atoms with Crippen LogP contribution in [0.2, 0.25) is 0 Å². The Labute approximate surface area is 116 Å². The highest BCUT2D eigenvalue weighted by Gasteiger charge is 2.31. The smallest absolute Gasteiger partial charge is 0.372 e. The summed E-state index contributed by atoms with van der Waals surface area (Å²) in [7, 11) is 0. The van der Waals surface area contributed by atoms with E-state index < -0.39 is 12.8 Å². The van der Waals surface area contributed by atoms with Gasteiger partial charge in [-0.3, -0.25) is 0 Å². The zero-order valence-corrected chi connectivity index (χ0v) is 11.6. The van der Waals surface area contributed by atoms with Gasteiger partial charge in [0.25, 0.3) is 0 Å². The quantitative estimate of drug-likeness (QED) is 0.530. The molecule has 0 amide bonds. The molecule has 19 heavy (non-hydrogen) atoms. The van der Waals surface area contributed by atoms with Crippen LogP contribution in [0.4, 0.5) is 13.2 Å². The summed E-state index contributed by atoms with van der Waals surface area (Å²) in [4.78, 5) is 0. The Morgan fingerprint density at radius 3 is 2.26 bits per heavy atom. The van der Waals surface area contributed by atoms with Crippen molar-refractivity contribution in [2.75, 3.05) is 19.1 Å². The van der Waals surface area contributed by atoms with Crippen molar-refractivity contribution in [3.05, 3.63) is 35.9 Å². The predicted octanol–water partition coefficient (Wildman–Crippen LogP) is 4.54. The summed E-state index contributed by atoms with van der Waals surface area (Å²) < 4.78 is 40.7. The van der Waals surface area contributed by atoms with E-state index in [4.69, 9.17) is 16.3 Å². The van der Waals surface area contributed by atoms with Gasteiger partial charge in [-0.1, -0.05) is 37.3 Å². The van der Waals surface area contributed by atoms with Crippen molar-refractivity contribution in [1.82, 2.24) is 0 Å². The van der Waals surface area contributed by atoms with Crippen molar-refractivity contribution in [1.29, 1.82) is 0 Å². The van der Waals surface area contributed by atoms with Gasteiger partial charge in [-0.25, -0.2) is 0 Å². The van der Waals surface area contributed by atoms with Crippen LogP contribution < -0.4 is 0 Å². The minimum atomic E-state index is -4.28. The Kier molecular flexibility index (Phi) is 6.14. The largest absolute Gasteiger partial charge is 0.411 e. The van der Waals surface area contributed by atoms with Gasteiger partial charge >= 0.3 is 6.18 Å². The molecule has 0 N–H and O–H groups in total. The monoisotopic (exact) mass is 294 g/mol. The van der Waals surface area contributed by atoms with Gasteiger partial charge in [0.15, 0.2) is 0 Å². The van der Waals surface area contributed by atoms with Crippen molar-refractivity contribution < 1.29 is 17.9 Å². The second-order valence-corrected chi connectivity index (χ2v) is 4.82. The highest BCUT2D eigenvalue weighted by molar-refractivity contribution is 6.18. The fraction of sp³-hybridized carbons (Fsp3) is 0.571. The molecule has 1 aromatic carbocycles. The molecule has 1 rings (SSSR count). The van der Waals surface area contributed by atoms with E-state index in [1.807, 2.05) is 37.3 Å². The van der Waals surface area contributed by atoms with Crippen LogP contribution in [0, 0.1) is 0 Å². The van der Waals surface area contributed by atoms with Crippen LogP contribution in [0.1, 0.15) is 25.3 Å². The second kappa shape index (κ2) is 7.15. The molecule has 1 atom stereocenters. The maximum absolute atomic E-state index is 12.0. The first-order valence-electron chi connectivity index (χ1n) is 6.19.